The van der Waals surface area contributed by atoms with Gasteiger partial charge >= 0.3 is 12.1 Å². The first-order chi connectivity index (χ1) is 9.35. The highest BCUT2D eigenvalue weighted by Crippen LogP contribution is 2.30. The summed E-state index contributed by atoms with van der Waals surface area (Å²) in [6.45, 7) is 0.0643. The van der Waals surface area contributed by atoms with Gasteiger partial charge in [-0.2, -0.15) is 13.2 Å². The second kappa shape index (κ2) is 7.02. The second-order valence-electron chi connectivity index (χ2n) is 3.90. The Balaban J connectivity index is 2.83. The fourth-order valence-corrected chi connectivity index (χ4v) is 1.36. The Bertz CT molecular complexity index is 457. The van der Waals surface area contributed by atoms with Gasteiger partial charge in [0.2, 0.25) is 0 Å². The van der Waals surface area contributed by atoms with Gasteiger partial charge in [0.15, 0.2) is 24.7 Å². The van der Waals surface area contributed by atoms with E-state index in [0.717, 1.165) is 5.56 Å². The molecule has 7 heteroatoms. The van der Waals surface area contributed by atoms with E-state index in [2.05, 4.69) is 9.47 Å². The molecule has 0 unspecified atom stereocenters. The van der Waals surface area contributed by atoms with E-state index in [1.165, 1.54) is 19.2 Å². The van der Waals surface area contributed by atoms with Crippen molar-refractivity contribution >= 4 is 5.97 Å². The fraction of sp³-hybridized carbons (Fsp3) is 0.462. The highest BCUT2D eigenvalue weighted by atomic mass is 19.4. The summed E-state index contributed by atoms with van der Waals surface area (Å²) in [6.07, 6.45) is -3.77. The molecule has 0 atom stereocenters. The molecule has 0 spiro atoms. The van der Waals surface area contributed by atoms with E-state index >= 15 is 0 Å². The predicted octanol–water partition coefficient (Wildman–Crippen LogP) is 2.74. The van der Waals surface area contributed by atoms with Crippen molar-refractivity contribution in [3.8, 4) is 11.5 Å². The average molecular weight is 292 g/mol. The molecule has 0 aliphatic carbocycles. The lowest BCUT2D eigenvalue weighted by Gasteiger charge is -2.14. The minimum atomic E-state index is -4.44. The second-order valence-corrected chi connectivity index (χ2v) is 3.90. The zero-order valence-electron chi connectivity index (χ0n) is 11.1. The lowest BCUT2D eigenvalue weighted by molar-refractivity contribution is -0.154. The number of rotatable bonds is 6. The summed E-state index contributed by atoms with van der Waals surface area (Å²) in [7, 11) is 1.19. The van der Waals surface area contributed by atoms with E-state index < -0.39 is 25.4 Å². The zero-order valence-corrected chi connectivity index (χ0v) is 11.1. The van der Waals surface area contributed by atoms with Gasteiger partial charge in [0.25, 0.3) is 0 Å². The maximum Gasteiger partial charge on any atom is 0.422 e. The molecule has 0 fully saturated rings. The summed E-state index contributed by atoms with van der Waals surface area (Å²) in [6, 6.07) is 4.56. The van der Waals surface area contributed by atoms with Gasteiger partial charge in [-0.3, -0.25) is 0 Å². The number of methoxy groups -OCH3 is 1. The summed E-state index contributed by atoms with van der Waals surface area (Å²) in [5, 5.41) is 0. The molecule has 0 N–H and O–H groups in total. The molecular formula is C13H15F3O4. The number of hydrogen-bond acceptors (Lipinski definition) is 4. The molecule has 0 radical (unpaired) electrons. The highest BCUT2D eigenvalue weighted by molar-refractivity contribution is 5.71. The molecule has 0 aromatic heterocycles. The maximum absolute atomic E-state index is 12.1. The Morgan fingerprint density at radius 1 is 1.20 bits per heavy atom. The molecule has 0 saturated heterocycles. The van der Waals surface area contributed by atoms with Gasteiger partial charge in [-0.25, -0.2) is 4.79 Å². The van der Waals surface area contributed by atoms with Gasteiger partial charge in [-0.15, -0.1) is 0 Å². The molecule has 1 rings (SSSR count). The summed E-state index contributed by atoms with van der Waals surface area (Å²) in [5.41, 5.74) is 0.851. The number of carbonyl (C=O) groups excluding carboxylic acids is 1. The quantitative estimate of drug-likeness (QED) is 0.756. The Hall–Kier alpha value is -1.92. The smallest absolute Gasteiger partial charge is 0.422 e. The first kappa shape index (κ1) is 16.1. The molecule has 0 amide bonds. The normalized spacial score (nSPS) is 11.1. The van der Waals surface area contributed by atoms with Crippen LogP contribution >= 0.6 is 0 Å². The van der Waals surface area contributed by atoms with Crippen molar-refractivity contribution in [2.45, 2.75) is 19.5 Å². The molecule has 0 aliphatic heterocycles. The van der Waals surface area contributed by atoms with Gasteiger partial charge in [-0.05, 0) is 24.1 Å². The summed E-state index contributed by atoms with van der Waals surface area (Å²) >= 11 is 0. The van der Waals surface area contributed by atoms with Crippen molar-refractivity contribution in [2.24, 2.45) is 0 Å². The summed E-state index contributed by atoms with van der Waals surface area (Å²) < 4.78 is 50.6. The highest BCUT2D eigenvalue weighted by Gasteiger charge is 2.29. The maximum atomic E-state index is 12.1. The minimum Gasteiger partial charge on any atom is -0.480 e. The van der Waals surface area contributed by atoms with Crippen LogP contribution in [0.4, 0.5) is 13.2 Å². The molecular weight excluding hydrogens is 277 g/mol. The number of carbonyl (C=O) groups is 1. The number of benzene rings is 1. The Kier molecular flexibility index (Phi) is 5.66. The van der Waals surface area contributed by atoms with Crippen LogP contribution in [0, 0.1) is 0 Å². The van der Waals surface area contributed by atoms with Crippen molar-refractivity contribution in [3.63, 3.8) is 0 Å². The molecule has 20 heavy (non-hydrogen) atoms. The van der Waals surface area contributed by atoms with E-state index in [-0.39, 0.29) is 11.5 Å². The molecule has 0 bridgehead atoms. The van der Waals surface area contributed by atoms with Crippen LogP contribution in [0.3, 0.4) is 0 Å². The first-order valence-electron chi connectivity index (χ1n) is 5.87. The number of aryl methyl sites for hydroxylation is 1. The lowest BCUT2D eigenvalue weighted by Crippen LogP contribution is -2.20. The van der Waals surface area contributed by atoms with E-state index in [9.17, 15) is 18.0 Å². The van der Waals surface area contributed by atoms with Crippen LogP contribution in [0.5, 0.6) is 11.5 Å². The van der Waals surface area contributed by atoms with Crippen molar-refractivity contribution in [3.05, 3.63) is 23.8 Å². The van der Waals surface area contributed by atoms with Crippen molar-refractivity contribution in [1.29, 1.82) is 0 Å². The largest absolute Gasteiger partial charge is 0.480 e. The predicted molar refractivity (Wildman–Crippen MR) is 64.9 cm³/mol. The van der Waals surface area contributed by atoms with Crippen LogP contribution in [-0.4, -0.2) is 32.5 Å². The van der Waals surface area contributed by atoms with Crippen LogP contribution in [-0.2, 0) is 16.0 Å². The van der Waals surface area contributed by atoms with Gasteiger partial charge in [0.1, 0.15) is 0 Å². The van der Waals surface area contributed by atoms with E-state index in [4.69, 9.17) is 4.74 Å². The first-order valence-corrected chi connectivity index (χ1v) is 5.87. The standard InChI is InChI=1S/C13H15F3O4/c1-3-9-4-5-10(20-8-13(14,15)16)11(6-9)19-7-12(17)18-2/h4-6H,3,7-8H2,1-2H3. The third-order valence-electron chi connectivity index (χ3n) is 2.38. The monoisotopic (exact) mass is 292 g/mol. The molecule has 112 valence electrons. The SMILES string of the molecule is CCc1ccc(OCC(F)(F)F)c(OCC(=O)OC)c1. The van der Waals surface area contributed by atoms with Gasteiger partial charge in [-0.1, -0.05) is 13.0 Å². The Morgan fingerprint density at radius 2 is 1.90 bits per heavy atom. The van der Waals surface area contributed by atoms with Crippen molar-refractivity contribution in [2.75, 3.05) is 20.3 Å². The average Bonchev–Trinajstić information content (AvgIpc) is 2.41. The topological polar surface area (TPSA) is 44.8 Å². The van der Waals surface area contributed by atoms with E-state index in [1.54, 1.807) is 6.07 Å². The summed E-state index contributed by atoms with van der Waals surface area (Å²) in [5.74, 6) is -0.615. The van der Waals surface area contributed by atoms with Crippen LogP contribution in [0.1, 0.15) is 12.5 Å². The number of esters is 1. The Labute approximate surface area is 114 Å². The molecule has 4 nitrogen and oxygen atoms in total. The van der Waals surface area contributed by atoms with Crippen LogP contribution < -0.4 is 9.47 Å². The fourth-order valence-electron chi connectivity index (χ4n) is 1.36. The molecule has 1 aromatic rings. The van der Waals surface area contributed by atoms with Gasteiger partial charge in [0.05, 0.1) is 7.11 Å². The van der Waals surface area contributed by atoms with Gasteiger partial charge < -0.3 is 14.2 Å². The zero-order chi connectivity index (χ0) is 15.2. The van der Waals surface area contributed by atoms with Crippen LogP contribution in [0.25, 0.3) is 0 Å². The summed E-state index contributed by atoms with van der Waals surface area (Å²) in [4.78, 5) is 11.0. The number of halogens is 3. The van der Waals surface area contributed by atoms with Gasteiger partial charge in [0, 0.05) is 0 Å². The number of ether oxygens (including phenoxy) is 3. The minimum absolute atomic E-state index is 0.0663. The Morgan fingerprint density at radius 3 is 2.45 bits per heavy atom. The number of hydrogen-bond donors (Lipinski definition) is 0. The van der Waals surface area contributed by atoms with Crippen LogP contribution in [0.2, 0.25) is 0 Å². The number of alkyl halides is 3. The molecule has 1 aromatic carbocycles. The molecule has 0 heterocycles. The van der Waals surface area contributed by atoms with Crippen molar-refractivity contribution in [1.82, 2.24) is 0 Å². The van der Waals surface area contributed by atoms with E-state index in [0.29, 0.717) is 6.42 Å². The molecule has 0 saturated carbocycles. The molecule has 0 aliphatic rings. The van der Waals surface area contributed by atoms with E-state index in [1.807, 2.05) is 6.92 Å². The van der Waals surface area contributed by atoms with Crippen molar-refractivity contribution < 1.29 is 32.2 Å². The third-order valence-corrected chi connectivity index (χ3v) is 2.38. The third kappa shape index (κ3) is 5.38. The van der Waals surface area contributed by atoms with Crippen LogP contribution in [0.15, 0.2) is 18.2 Å². The lowest BCUT2D eigenvalue weighted by atomic mass is 10.1.